The second kappa shape index (κ2) is 6.02. The Morgan fingerprint density at radius 2 is 1.95 bits per heavy atom. The Morgan fingerprint density at radius 1 is 1.30 bits per heavy atom. The second-order valence-electron chi connectivity index (χ2n) is 4.63. The van der Waals surface area contributed by atoms with E-state index < -0.39 is 0 Å². The summed E-state index contributed by atoms with van der Waals surface area (Å²) in [4.78, 5) is 1.97. The van der Waals surface area contributed by atoms with Gasteiger partial charge in [0.25, 0.3) is 0 Å². The van der Waals surface area contributed by atoms with Gasteiger partial charge in [-0.25, -0.2) is 4.39 Å². The van der Waals surface area contributed by atoms with Crippen molar-refractivity contribution in [2.24, 2.45) is 0 Å². The largest absolute Gasteiger partial charge is 0.397 e. The van der Waals surface area contributed by atoms with Gasteiger partial charge in [-0.05, 0) is 40.5 Å². The van der Waals surface area contributed by atoms with Gasteiger partial charge in [0.05, 0.1) is 21.9 Å². The normalized spacial score (nSPS) is 12.2. The van der Waals surface area contributed by atoms with Crippen molar-refractivity contribution in [2.45, 2.75) is 13.0 Å². The topological polar surface area (TPSA) is 29.3 Å². The lowest BCUT2D eigenvalue weighted by atomic mass is 10.1. The van der Waals surface area contributed by atoms with Crippen LogP contribution >= 0.6 is 27.5 Å². The van der Waals surface area contributed by atoms with E-state index in [0.717, 1.165) is 11.3 Å². The third-order valence-electron chi connectivity index (χ3n) is 3.39. The summed E-state index contributed by atoms with van der Waals surface area (Å²) < 4.78 is 13.8. The fourth-order valence-corrected chi connectivity index (χ4v) is 2.71. The molecule has 0 bridgehead atoms. The van der Waals surface area contributed by atoms with Crippen molar-refractivity contribution in [2.75, 3.05) is 17.7 Å². The lowest BCUT2D eigenvalue weighted by Gasteiger charge is -2.29. The van der Waals surface area contributed by atoms with Crippen molar-refractivity contribution in [3.8, 4) is 0 Å². The number of halogens is 3. The van der Waals surface area contributed by atoms with E-state index in [4.69, 9.17) is 17.3 Å². The summed E-state index contributed by atoms with van der Waals surface area (Å²) in [5, 5.41) is 0.701. The van der Waals surface area contributed by atoms with Gasteiger partial charge in [0, 0.05) is 18.1 Å². The Morgan fingerprint density at radius 3 is 2.60 bits per heavy atom. The molecule has 20 heavy (non-hydrogen) atoms. The monoisotopic (exact) mass is 356 g/mol. The number of benzene rings is 2. The fourth-order valence-electron chi connectivity index (χ4n) is 2.09. The van der Waals surface area contributed by atoms with E-state index in [1.807, 2.05) is 43.1 Å². The maximum atomic E-state index is 13.4. The first kappa shape index (κ1) is 15.1. The number of nitrogens with two attached hydrogens (primary N) is 1. The summed E-state index contributed by atoms with van der Waals surface area (Å²) in [6, 6.07) is 10.7. The number of nitrogens with zero attached hydrogens (tertiary/aromatic N) is 1. The lowest BCUT2D eigenvalue weighted by Crippen LogP contribution is -2.23. The molecule has 5 heteroatoms. The Hall–Kier alpha value is -1.26. The smallest absolute Gasteiger partial charge is 0.139 e. The summed E-state index contributed by atoms with van der Waals surface area (Å²) >= 11 is 9.40. The number of rotatable bonds is 3. The molecule has 1 atom stereocenters. The summed E-state index contributed by atoms with van der Waals surface area (Å²) in [5.74, 6) is -0.370. The van der Waals surface area contributed by atoms with Gasteiger partial charge in [0.1, 0.15) is 5.82 Å². The lowest BCUT2D eigenvalue weighted by molar-refractivity contribution is 0.621. The molecule has 1 unspecified atom stereocenters. The van der Waals surface area contributed by atoms with Crippen LogP contribution in [0.15, 0.2) is 40.9 Å². The van der Waals surface area contributed by atoms with Crippen molar-refractivity contribution in [3.05, 3.63) is 57.3 Å². The summed E-state index contributed by atoms with van der Waals surface area (Å²) in [7, 11) is 1.91. The van der Waals surface area contributed by atoms with Gasteiger partial charge < -0.3 is 10.6 Å². The van der Waals surface area contributed by atoms with E-state index in [0.29, 0.717) is 15.2 Å². The third kappa shape index (κ3) is 2.91. The van der Waals surface area contributed by atoms with Gasteiger partial charge in [0.15, 0.2) is 0 Å². The minimum atomic E-state index is -0.370. The zero-order valence-electron chi connectivity index (χ0n) is 11.2. The van der Waals surface area contributed by atoms with Crippen LogP contribution in [0.3, 0.4) is 0 Å². The van der Waals surface area contributed by atoms with E-state index >= 15 is 0 Å². The van der Waals surface area contributed by atoms with E-state index in [1.165, 1.54) is 6.07 Å². The highest BCUT2D eigenvalue weighted by atomic mass is 79.9. The highest BCUT2D eigenvalue weighted by Crippen LogP contribution is 2.35. The molecule has 0 aromatic heterocycles. The van der Waals surface area contributed by atoms with Crippen LogP contribution in [-0.4, -0.2) is 7.05 Å². The molecular weight excluding hydrogens is 343 g/mol. The SMILES string of the molecule is CC(c1ccccc1Cl)N(C)c1cc(Br)c(F)cc1N. The van der Waals surface area contributed by atoms with Crippen LogP contribution in [0.1, 0.15) is 18.5 Å². The molecule has 0 aliphatic rings. The standard InChI is InChI=1S/C15H15BrClFN2/c1-9(10-5-3-4-6-12(10)17)20(2)15-7-11(16)13(18)8-14(15)19/h3-9H,19H2,1-2H3. The minimum Gasteiger partial charge on any atom is -0.397 e. The van der Waals surface area contributed by atoms with Gasteiger partial charge >= 0.3 is 0 Å². The summed E-state index contributed by atoms with van der Waals surface area (Å²) in [6.45, 7) is 2.03. The van der Waals surface area contributed by atoms with Crippen molar-refractivity contribution in [1.29, 1.82) is 0 Å². The van der Waals surface area contributed by atoms with Gasteiger partial charge in [-0.2, -0.15) is 0 Å². The van der Waals surface area contributed by atoms with E-state index in [1.54, 1.807) is 6.07 Å². The Balaban J connectivity index is 2.39. The molecule has 0 fully saturated rings. The molecule has 2 N–H and O–H groups in total. The van der Waals surface area contributed by atoms with Gasteiger partial charge in [-0.1, -0.05) is 29.8 Å². The summed E-state index contributed by atoms with van der Waals surface area (Å²) in [5.41, 5.74) is 8.06. The maximum Gasteiger partial charge on any atom is 0.139 e. The van der Waals surface area contributed by atoms with Crippen molar-refractivity contribution >= 4 is 38.9 Å². The molecule has 0 aliphatic heterocycles. The molecule has 106 valence electrons. The fraction of sp³-hybridized carbons (Fsp3) is 0.200. The molecule has 2 aromatic rings. The molecule has 0 radical (unpaired) electrons. The average molecular weight is 358 g/mol. The predicted octanol–water partition coefficient (Wildman–Crippen LogP) is 5.02. The molecule has 2 nitrogen and oxygen atoms in total. The molecule has 0 aliphatic carbocycles. The highest BCUT2D eigenvalue weighted by molar-refractivity contribution is 9.10. The zero-order chi connectivity index (χ0) is 14.9. The van der Waals surface area contributed by atoms with Crippen molar-refractivity contribution in [3.63, 3.8) is 0 Å². The molecule has 0 spiro atoms. The van der Waals surface area contributed by atoms with Crippen LogP contribution in [0, 0.1) is 5.82 Å². The predicted molar refractivity (Wildman–Crippen MR) is 86.8 cm³/mol. The van der Waals surface area contributed by atoms with Crippen LogP contribution in [-0.2, 0) is 0 Å². The summed E-state index contributed by atoms with van der Waals surface area (Å²) in [6.07, 6.45) is 0. The zero-order valence-corrected chi connectivity index (χ0v) is 13.5. The van der Waals surface area contributed by atoms with Crippen LogP contribution in [0.5, 0.6) is 0 Å². The van der Waals surface area contributed by atoms with Crippen molar-refractivity contribution < 1.29 is 4.39 Å². The van der Waals surface area contributed by atoms with Crippen LogP contribution in [0.25, 0.3) is 0 Å². The average Bonchev–Trinajstić information content (AvgIpc) is 2.42. The molecule has 2 rings (SSSR count). The van der Waals surface area contributed by atoms with Gasteiger partial charge in [-0.3, -0.25) is 0 Å². The van der Waals surface area contributed by atoms with Gasteiger partial charge in [0.2, 0.25) is 0 Å². The molecule has 2 aromatic carbocycles. The third-order valence-corrected chi connectivity index (χ3v) is 4.34. The van der Waals surface area contributed by atoms with Crippen LogP contribution in [0.2, 0.25) is 5.02 Å². The second-order valence-corrected chi connectivity index (χ2v) is 5.90. The first-order valence-corrected chi connectivity index (χ1v) is 7.30. The number of hydrogen-bond acceptors (Lipinski definition) is 2. The molecule has 0 saturated heterocycles. The Labute approximate surface area is 131 Å². The highest BCUT2D eigenvalue weighted by Gasteiger charge is 2.18. The Kier molecular flexibility index (Phi) is 4.55. The molecule has 0 heterocycles. The minimum absolute atomic E-state index is 0.0170. The quantitative estimate of drug-likeness (QED) is 0.781. The number of anilines is 2. The van der Waals surface area contributed by atoms with E-state index in [-0.39, 0.29) is 11.9 Å². The number of nitrogen functional groups attached to an aromatic ring is 1. The first-order valence-electron chi connectivity index (χ1n) is 6.13. The van der Waals surface area contributed by atoms with Gasteiger partial charge in [-0.15, -0.1) is 0 Å². The Bertz CT molecular complexity index is 633. The van der Waals surface area contributed by atoms with E-state index in [2.05, 4.69) is 15.9 Å². The molecular formula is C15H15BrClFN2. The molecule has 0 amide bonds. The molecule has 0 saturated carbocycles. The van der Waals surface area contributed by atoms with E-state index in [9.17, 15) is 4.39 Å². The van der Waals surface area contributed by atoms with Crippen LogP contribution in [0.4, 0.5) is 15.8 Å². The maximum absolute atomic E-state index is 13.4. The first-order chi connectivity index (χ1) is 9.41. The van der Waals surface area contributed by atoms with Crippen LogP contribution < -0.4 is 10.6 Å². The van der Waals surface area contributed by atoms with Crippen molar-refractivity contribution in [1.82, 2.24) is 0 Å². The number of hydrogen-bond donors (Lipinski definition) is 1.